The van der Waals surface area contributed by atoms with Crippen molar-refractivity contribution in [3.8, 4) is 0 Å². The van der Waals surface area contributed by atoms with E-state index in [0.717, 1.165) is 50.0 Å². The summed E-state index contributed by atoms with van der Waals surface area (Å²) in [7, 11) is -3.55. The number of hydrogen-bond donors (Lipinski definition) is 1. The van der Waals surface area contributed by atoms with Gasteiger partial charge in [0, 0.05) is 38.6 Å². The highest BCUT2D eigenvalue weighted by Gasteiger charge is 2.32. The first-order valence-electron chi connectivity index (χ1n) is 11.1. The number of hydrogen-bond acceptors (Lipinski definition) is 5. The Morgan fingerprint density at radius 3 is 2.45 bits per heavy atom. The maximum absolute atomic E-state index is 13.1. The van der Waals surface area contributed by atoms with Crippen LogP contribution in [0.1, 0.15) is 19.3 Å². The van der Waals surface area contributed by atoms with Crippen molar-refractivity contribution in [3.63, 3.8) is 0 Å². The number of carbonyl (C=O) groups is 1. The number of nitrogens with zero attached hydrogens (tertiary/aromatic N) is 2. The Morgan fingerprint density at radius 1 is 1.00 bits per heavy atom. The van der Waals surface area contributed by atoms with E-state index in [1.54, 1.807) is 12.1 Å². The van der Waals surface area contributed by atoms with Crippen molar-refractivity contribution in [2.24, 2.45) is 5.92 Å². The zero-order chi connectivity index (χ0) is 21.7. The average Bonchev–Trinajstić information content (AvgIpc) is 2.82. The molecule has 0 radical (unpaired) electrons. The van der Waals surface area contributed by atoms with Crippen LogP contribution in [-0.2, 0) is 19.6 Å². The average molecular weight is 446 g/mol. The fourth-order valence-electron chi connectivity index (χ4n) is 4.32. The summed E-state index contributed by atoms with van der Waals surface area (Å²) >= 11 is 0. The molecule has 0 spiro atoms. The number of benzene rings is 2. The molecule has 2 aromatic rings. The van der Waals surface area contributed by atoms with Gasteiger partial charge >= 0.3 is 0 Å². The molecule has 2 aromatic carbocycles. The molecular formula is C23H31N3O4S. The fraction of sp³-hybridized carbons (Fsp3) is 0.522. The first-order valence-corrected chi connectivity index (χ1v) is 12.5. The van der Waals surface area contributed by atoms with Crippen LogP contribution in [0.4, 0.5) is 0 Å². The number of carbonyl (C=O) groups excluding carboxylic acids is 1. The smallest absolute Gasteiger partial charge is 0.243 e. The summed E-state index contributed by atoms with van der Waals surface area (Å²) in [4.78, 5) is 15.2. The van der Waals surface area contributed by atoms with Crippen LogP contribution in [0.2, 0.25) is 0 Å². The summed E-state index contributed by atoms with van der Waals surface area (Å²) in [6.07, 6.45) is 2.03. The number of piperidine rings is 1. The molecule has 31 heavy (non-hydrogen) atoms. The Hall–Kier alpha value is -2.00. The Balaban J connectivity index is 1.25. The van der Waals surface area contributed by atoms with Crippen molar-refractivity contribution in [2.75, 3.05) is 52.5 Å². The lowest BCUT2D eigenvalue weighted by molar-refractivity contribution is -0.126. The first-order chi connectivity index (χ1) is 15.0. The van der Waals surface area contributed by atoms with Gasteiger partial charge in [-0.25, -0.2) is 8.42 Å². The number of fused-ring (bicyclic) bond motifs is 1. The highest BCUT2D eigenvalue weighted by molar-refractivity contribution is 7.89. The highest BCUT2D eigenvalue weighted by Crippen LogP contribution is 2.26. The molecule has 7 nitrogen and oxygen atoms in total. The number of amides is 1. The summed E-state index contributed by atoms with van der Waals surface area (Å²) in [6, 6.07) is 13.0. The summed E-state index contributed by atoms with van der Waals surface area (Å²) in [6.45, 7) is 5.86. The number of rotatable bonds is 7. The molecule has 0 atom stereocenters. The van der Waals surface area contributed by atoms with Gasteiger partial charge in [0.05, 0.1) is 18.1 Å². The van der Waals surface area contributed by atoms with Gasteiger partial charge in [0.25, 0.3) is 0 Å². The van der Waals surface area contributed by atoms with Crippen molar-refractivity contribution >= 4 is 26.7 Å². The van der Waals surface area contributed by atoms with Crippen molar-refractivity contribution in [1.82, 2.24) is 14.5 Å². The van der Waals surface area contributed by atoms with Gasteiger partial charge < -0.3 is 10.1 Å². The SMILES string of the molecule is O=C(NCCCN1CCOCC1)C1CCN(S(=O)(=O)c2ccc3ccccc3c2)CC1. The monoisotopic (exact) mass is 445 g/mol. The van der Waals surface area contributed by atoms with Crippen molar-refractivity contribution in [3.05, 3.63) is 42.5 Å². The Kier molecular flexibility index (Phi) is 7.22. The molecule has 2 aliphatic rings. The van der Waals surface area contributed by atoms with Gasteiger partial charge in [0.15, 0.2) is 0 Å². The minimum Gasteiger partial charge on any atom is -0.379 e. The molecule has 0 bridgehead atoms. The van der Waals surface area contributed by atoms with Crippen LogP contribution in [-0.4, -0.2) is 76.0 Å². The van der Waals surface area contributed by atoms with E-state index < -0.39 is 10.0 Å². The molecule has 0 aliphatic carbocycles. The normalized spacial score (nSPS) is 19.5. The zero-order valence-corrected chi connectivity index (χ0v) is 18.6. The molecule has 0 unspecified atom stereocenters. The summed E-state index contributed by atoms with van der Waals surface area (Å²) in [5.74, 6) is -0.0730. The van der Waals surface area contributed by atoms with Gasteiger partial charge in [-0.1, -0.05) is 30.3 Å². The van der Waals surface area contributed by atoms with E-state index in [1.165, 1.54) is 4.31 Å². The van der Waals surface area contributed by atoms with Gasteiger partial charge in [-0.2, -0.15) is 4.31 Å². The Bertz CT molecular complexity index is 997. The minimum absolute atomic E-state index is 0.0460. The van der Waals surface area contributed by atoms with E-state index in [-0.39, 0.29) is 11.8 Å². The number of nitrogens with one attached hydrogen (secondary N) is 1. The molecule has 2 aliphatic heterocycles. The van der Waals surface area contributed by atoms with Crippen LogP contribution >= 0.6 is 0 Å². The molecule has 2 heterocycles. The van der Waals surface area contributed by atoms with Crippen LogP contribution in [0.25, 0.3) is 10.8 Å². The standard InChI is InChI=1S/C23H31N3O4S/c27-23(24-10-3-11-25-14-16-30-17-15-25)20-8-12-26(13-9-20)31(28,29)22-7-6-19-4-1-2-5-21(19)18-22/h1-2,4-7,18,20H,3,8-17H2,(H,24,27). The second kappa shape index (κ2) is 10.1. The number of sulfonamides is 1. The zero-order valence-electron chi connectivity index (χ0n) is 17.8. The number of ether oxygens (including phenoxy) is 1. The third-order valence-corrected chi connectivity index (χ3v) is 8.13. The van der Waals surface area contributed by atoms with Crippen molar-refractivity contribution in [1.29, 1.82) is 0 Å². The quantitative estimate of drug-likeness (QED) is 0.660. The van der Waals surface area contributed by atoms with Crippen LogP contribution in [0.5, 0.6) is 0 Å². The van der Waals surface area contributed by atoms with E-state index in [9.17, 15) is 13.2 Å². The van der Waals surface area contributed by atoms with Crippen molar-refractivity contribution < 1.29 is 17.9 Å². The molecule has 1 amide bonds. The predicted octanol–water partition coefficient (Wildman–Crippen LogP) is 2.08. The van der Waals surface area contributed by atoms with E-state index in [1.807, 2.05) is 30.3 Å². The molecule has 168 valence electrons. The van der Waals surface area contributed by atoms with E-state index in [0.29, 0.717) is 37.4 Å². The van der Waals surface area contributed by atoms with Gasteiger partial charge in [-0.3, -0.25) is 9.69 Å². The molecule has 2 fully saturated rings. The molecule has 4 rings (SSSR count). The Morgan fingerprint density at radius 2 is 1.71 bits per heavy atom. The van der Waals surface area contributed by atoms with E-state index in [4.69, 9.17) is 4.74 Å². The molecule has 0 aromatic heterocycles. The lowest BCUT2D eigenvalue weighted by Gasteiger charge is -2.30. The fourth-order valence-corrected chi connectivity index (χ4v) is 5.82. The van der Waals surface area contributed by atoms with Gasteiger partial charge in [-0.05, 0) is 48.7 Å². The minimum atomic E-state index is -3.55. The third-order valence-electron chi connectivity index (χ3n) is 6.24. The van der Waals surface area contributed by atoms with E-state index in [2.05, 4.69) is 10.2 Å². The maximum Gasteiger partial charge on any atom is 0.243 e. The maximum atomic E-state index is 13.1. The lowest BCUT2D eigenvalue weighted by atomic mass is 9.97. The van der Waals surface area contributed by atoms with Crippen LogP contribution in [0, 0.1) is 5.92 Å². The van der Waals surface area contributed by atoms with Gasteiger partial charge in [0.2, 0.25) is 15.9 Å². The van der Waals surface area contributed by atoms with Crippen LogP contribution in [0.3, 0.4) is 0 Å². The summed E-state index contributed by atoms with van der Waals surface area (Å²) in [5.41, 5.74) is 0. The van der Waals surface area contributed by atoms with Crippen LogP contribution < -0.4 is 5.32 Å². The summed E-state index contributed by atoms with van der Waals surface area (Å²) in [5, 5.41) is 4.96. The highest BCUT2D eigenvalue weighted by atomic mass is 32.2. The molecule has 1 N–H and O–H groups in total. The van der Waals surface area contributed by atoms with Crippen LogP contribution in [0.15, 0.2) is 47.4 Å². The first kappa shape index (κ1) is 22.2. The Labute approximate surface area is 184 Å². The summed E-state index contributed by atoms with van der Waals surface area (Å²) < 4.78 is 33.0. The lowest BCUT2D eigenvalue weighted by Crippen LogP contribution is -2.43. The van der Waals surface area contributed by atoms with Crippen molar-refractivity contribution in [2.45, 2.75) is 24.2 Å². The van der Waals surface area contributed by atoms with Gasteiger partial charge in [-0.15, -0.1) is 0 Å². The largest absolute Gasteiger partial charge is 0.379 e. The topological polar surface area (TPSA) is 79.0 Å². The third kappa shape index (κ3) is 5.44. The predicted molar refractivity (Wildman–Crippen MR) is 120 cm³/mol. The molecule has 0 saturated carbocycles. The second-order valence-electron chi connectivity index (χ2n) is 8.29. The van der Waals surface area contributed by atoms with E-state index >= 15 is 0 Å². The molecule has 8 heteroatoms. The van der Waals surface area contributed by atoms with Gasteiger partial charge in [0.1, 0.15) is 0 Å². The molecule has 2 saturated heterocycles. The number of morpholine rings is 1. The second-order valence-corrected chi connectivity index (χ2v) is 10.2. The molecular weight excluding hydrogens is 414 g/mol.